The van der Waals surface area contributed by atoms with Crippen molar-refractivity contribution in [3.63, 3.8) is 0 Å². The fourth-order valence-electron chi connectivity index (χ4n) is 2.12. The second-order valence-electron chi connectivity index (χ2n) is 5.07. The molecule has 0 saturated heterocycles. The molecule has 0 aliphatic carbocycles. The van der Waals surface area contributed by atoms with Gasteiger partial charge in [0.05, 0.1) is 12.2 Å². The Morgan fingerprint density at radius 2 is 2.00 bits per heavy atom. The van der Waals surface area contributed by atoms with Crippen LogP contribution < -0.4 is 15.8 Å². The van der Waals surface area contributed by atoms with Crippen LogP contribution in [0.4, 0.5) is 11.4 Å². The van der Waals surface area contributed by atoms with Gasteiger partial charge in [-0.2, -0.15) is 0 Å². The summed E-state index contributed by atoms with van der Waals surface area (Å²) in [6.07, 6.45) is 0. The van der Waals surface area contributed by atoms with Crippen molar-refractivity contribution in [2.75, 3.05) is 10.6 Å². The van der Waals surface area contributed by atoms with Gasteiger partial charge in [0.1, 0.15) is 4.90 Å². The van der Waals surface area contributed by atoms with Crippen LogP contribution in [0.15, 0.2) is 40.6 Å². The maximum absolute atomic E-state index is 11.4. The number of sulfonamides is 1. The number of benzene rings is 1. The second kappa shape index (κ2) is 6.05. The van der Waals surface area contributed by atoms with Crippen molar-refractivity contribution in [1.82, 2.24) is 0 Å². The maximum Gasteiger partial charge on any atom is 0.240 e. The summed E-state index contributed by atoms with van der Waals surface area (Å²) in [5.41, 5.74) is 6.89. The summed E-state index contributed by atoms with van der Waals surface area (Å²) in [5.74, 6) is 0. The molecule has 21 heavy (non-hydrogen) atoms. The van der Waals surface area contributed by atoms with Gasteiger partial charge in [0.25, 0.3) is 0 Å². The Hall–Kier alpha value is -1.57. The molecule has 2 aromatic rings. The molecule has 0 radical (unpaired) electrons. The summed E-state index contributed by atoms with van der Waals surface area (Å²) in [4.78, 5) is 3.36. The fraction of sp³-hybridized carbons (Fsp3) is 0.286. The van der Waals surface area contributed by atoms with Crippen LogP contribution in [0.5, 0.6) is 0 Å². The molecule has 1 aromatic carbocycles. The molecular weight excluding hydrogens is 306 g/mol. The van der Waals surface area contributed by atoms with E-state index in [2.05, 4.69) is 24.8 Å². The molecule has 0 amide bonds. The topological polar surface area (TPSA) is 89.4 Å². The SMILES string of the molecule is CC(C)N(Cc1cccs1)c1ccc(S(N)(=O)=O)c(N)c1. The predicted molar refractivity (Wildman–Crippen MR) is 87.9 cm³/mol. The van der Waals surface area contributed by atoms with Gasteiger partial charge in [-0.3, -0.25) is 0 Å². The van der Waals surface area contributed by atoms with Gasteiger partial charge in [-0.25, -0.2) is 13.6 Å². The van der Waals surface area contributed by atoms with Crippen LogP contribution in [-0.4, -0.2) is 14.5 Å². The number of nitrogen functional groups attached to an aromatic ring is 1. The number of hydrogen-bond acceptors (Lipinski definition) is 5. The average molecular weight is 325 g/mol. The molecule has 1 heterocycles. The molecule has 1 aromatic heterocycles. The molecule has 7 heteroatoms. The van der Waals surface area contributed by atoms with Gasteiger partial charge in [0.15, 0.2) is 0 Å². The lowest BCUT2D eigenvalue weighted by Crippen LogP contribution is -2.30. The Morgan fingerprint density at radius 1 is 1.29 bits per heavy atom. The van der Waals surface area contributed by atoms with Gasteiger partial charge in [0.2, 0.25) is 10.0 Å². The molecule has 0 unspecified atom stereocenters. The maximum atomic E-state index is 11.4. The van der Waals surface area contributed by atoms with Crippen molar-refractivity contribution in [3.05, 3.63) is 40.6 Å². The van der Waals surface area contributed by atoms with Crippen molar-refractivity contribution < 1.29 is 8.42 Å². The number of hydrogen-bond donors (Lipinski definition) is 2. The quantitative estimate of drug-likeness (QED) is 0.826. The molecule has 5 nitrogen and oxygen atoms in total. The highest BCUT2D eigenvalue weighted by Crippen LogP contribution is 2.27. The number of thiophene rings is 1. The smallest absolute Gasteiger partial charge is 0.240 e. The fourth-order valence-corrected chi connectivity index (χ4v) is 3.46. The van der Waals surface area contributed by atoms with Crippen molar-refractivity contribution in [2.24, 2.45) is 5.14 Å². The number of nitrogens with two attached hydrogens (primary N) is 2. The number of primary sulfonamides is 1. The monoisotopic (exact) mass is 325 g/mol. The van der Waals surface area contributed by atoms with Crippen LogP contribution in [0.25, 0.3) is 0 Å². The first-order valence-electron chi connectivity index (χ1n) is 6.50. The molecule has 0 aliphatic heterocycles. The lowest BCUT2D eigenvalue weighted by Gasteiger charge is -2.29. The first-order chi connectivity index (χ1) is 9.79. The molecule has 4 N–H and O–H groups in total. The zero-order chi connectivity index (χ0) is 15.6. The summed E-state index contributed by atoms with van der Waals surface area (Å²) >= 11 is 1.69. The third-order valence-electron chi connectivity index (χ3n) is 3.16. The largest absolute Gasteiger partial charge is 0.398 e. The van der Waals surface area contributed by atoms with Crippen molar-refractivity contribution in [1.29, 1.82) is 0 Å². The highest BCUT2D eigenvalue weighted by atomic mass is 32.2. The van der Waals surface area contributed by atoms with E-state index in [9.17, 15) is 8.42 Å². The zero-order valence-corrected chi connectivity index (χ0v) is 13.6. The highest BCUT2D eigenvalue weighted by molar-refractivity contribution is 7.89. The van der Waals surface area contributed by atoms with Gasteiger partial charge >= 0.3 is 0 Å². The van der Waals surface area contributed by atoms with Gasteiger partial charge in [-0.05, 0) is 43.5 Å². The zero-order valence-electron chi connectivity index (χ0n) is 12.0. The van der Waals surface area contributed by atoms with E-state index in [1.807, 2.05) is 11.4 Å². The summed E-state index contributed by atoms with van der Waals surface area (Å²) in [6.45, 7) is 4.91. The van der Waals surface area contributed by atoms with E-state index >= 15 is 0 Å². The average Bonchev–Trinajstić information content (AvgIpc) is 2.86. The minimum absolute atomic E-state index is 0.0360. The van der Waals surface area contributed by atoms with Crippen LogP contribution >= 0.6 is 11.3 Å². The summed E-state index contributed by atoms with van der Waals surface area (Å²) in [6, 6.07) is 9.20. The van der Waals surface area contributed by atoms with Gasteiger partial charge in [0, 0.05) is 16.6 Å². The molecule has 0 aliphatic rings. The van der Waals surface area contributed by atoms with Crippen molar-refractivity contribution >= 4 is 32.7 Å². The number of nitrogens with zero attached hydrogens (tertiary/aromatic N) is 1. The first-order valence-corrected chi connectivity index (χ1v) is 8.93. The molecule has 0 spiro atoms. The van der Waals surface area contributed by atoms with Gasteiger partial charge in [-0.1, -0.05) is 6.07 Å². The predicted octanol–water partition coefficient (Wildman–Crippen LogP) is 2.39. The summed E-state index contributed by atoms with van der Waals surface area (Å²) in [7, 11) is -3.79. The molecular formula is C14H19N3O2S2. The van der Waals surface area contributed by atoms with Gasteiger partial charge in [-0.15, -0.1) is 11.3 Å². The van der Waals surface area contributed by atoms with Crippen LogP contribution in [0.2, 0.25) is 0 Å². The van der Waals surface area contributed by atoms with E-state index in [4.69, 9.17) is 10.9 Å². The Balaban J connectivity index is 2.35. The van der Waals surface area contributed by atoms with Crippen LogP contribution in [-0.2, 0) is 16.6 Å². The lowest BCUT2D eigenvalue weighted by molar-refractivity contribution is 0.598. The number of anilines is 2. The normalized spacial score (nSPS) is 11.8. The lowest BCUT2D eigenvalue weighted by atomic mass is 10.2. The van der Waals surface area contributed by atoms with Gasteiger partial charge < -0.3 is 10.6 Å². The molecule has 2 rings (SSSR count). The van der Waals surface area contributed by atoms with E-state index in [1.165, 1.54) is 10.9 Å². The van der Waals surface area contributed by atoms with Crippen molar-refractivity contribution in [3.8, 4) is 0 Å². The van der Waals surface area contributed by atoms with Crippen LogP contribution in [0, 0.1) is 0 Å². The molecule has 0 bridgehead atoms. The van der Waals surface area contributed by atoms with E-state index in [-0.39, 0.29) is 16.6 Å². The van der Waals surface area contributed by atoms with Crippen LogP contribution in [0.1, 0.15) is 18.7 Å². The summed E-state index contributed by atoms with van der Waals surface area (Å²) in [5, 5.41) is 7.17. The third-order valence-corrected chi connectivity index (χ3v) is 5.01. The Kier molecular flexibility index (Phi) is 4.55. The van der Waals surface area contributed by atoms with E-state index in [1.54, 1.807) is 23.5 Å². The van der Waals surface area contributed by atoms with Crippen molar-refractivity contribution in [2.45, 2.75) is 31.3 Å². The standard InChI is InChI=1S/C14H19N3O2S2/c1-10(2)17(9-12-4-3-7-20-12)11-5-6-14(13(15)8-11)21(16,18)19/h3-8,10H,9,15H2,1-2H3,(H2,16,18,19). The van der Waals surface area contributed by atoms with E-state index in [0.29, 0.717) is 0 Å². The third kappa shape index (κ3) is 3.75. The molecule has 114 valence electrons. The molecule has 0 atom stereocenters. The van der Waals surface area contributed by atoms with E-state index in [0.717, 1.165) is 12.2 Å². The Bertz CT molecular complexity index is 710. The first kappa shape index (κ1) is 15.8. The minimum Gasteiger partial charge on any atom is -0.398 e. The Labute approximate surface area is 129 Å². The molecule has 0 saturated carbocycles. The Morgan fingerprint density at radius 3 is 2.48 bits per heavy atom. The molecule has 0 fully saturated rings. The highest BCUT2D eigenvalue weighted by Gasteiger charge is 2.17. The van der Waals surface area contributed by atoms with Crippen LogP contribution in [0.3, 0.4) is 0 Å². The number of rotatable bonds is 5. The van der Waals surface area contributed by atoms with E-state index < -0.39 is 10.0 Å². The second-order valence-corrected chi connectivity index (χ2v) is 7.63. The summed E-state index contributed by atoms with van der Waals surface area (Å²) < 4.78 is 22.8. The minimum atomic E-state index is -3.79.